The molecule has 0 aromatic heterocycles. The average Bonchev–Trinajstić information content (AvgIpc) is 2.40. The molecule has 17 heavy (non-hydrogen) atoms. The summed E-state index contributed by atoms with van der Waals surface area (Å²) < 4.78 is 5.44. The van der Waals surface area contributed by atoms with Crippen LogP contribution in [0.4, 0.5) is 0 Å². The number of carbonyl (C=O) groups is 1. The van der Waals surface area contributed by atoms with Gasteiger partial charge in [0.1, 0.15) is 0 Å². The molecule has 0 saturated carbocycles. The van der Waals surface area contributed by atoms with Gasteiger partial charge in [0, 0.05) is 19.6 Å². The Morgan fingerprint density at radius 2 is 2.18 bits per heavy atom. The van der Waals surface area contributed by atoms with Crippen molar-refractivity contribution in [2.24, 2.45) is 5.73 Å². The van der Waals surface area contributed by atoms with Crippen LogP contribution in [-0.2, 0) is 16.0 Å². The monoisotopic (exact) mass is 234 g/mol. The second-order valence-electron chi connectivity index (χ2n) is 4.23. The fraction of sp³-hybridized carbons (Fsp3) is 0.462. The van der Waals surface area contributed by atoms with Crippen molar-refractivity contribution in [3.05, 3.63) is 35.9 Å². The van der Waals surface area contributed by atoms with Crippen LogP contribution in [0.15, 0.2) is 30.3 Å². The number of morpholine rings is 1. The van der Waals surface area contributed by atoms with Crippen LogP contribution in [0.3, 0.4) is 0 Å². The van der Waals surface area contributed by atoms with Crippen LogP contribution in [0.1, 0.15) is 5.56 Å². The predicted molar refractivity (Wildman–Crippen MR) is 65.5 cm³/mol. The molecule has 1 fully saturated rings. The number of ether oxygens (including phenoxy) is 1. The fourth-order valence-electron chi connectivity index (χ4n) is 1.97. The maximum atomic E-state index is 12.1. The highest BCUT2D eigenvalue weighted by Gasteiger charge is 2.22. The second kappa shape index (κ2) is 5.80. The highest BCUT2D eigenvalue weighted by molar-refractivity contribution is 5.78. The molecular weight excluding hydrogens is 216 g/mol. The normalized spacial score (nSPS) is 20.3. The van der Waals surface area contributed by atoms with Gasteiger partial charge in [0.25, 0.3) is 0 Å². The molecule has 92 valence electrons. The number of rotatable bonds is 3. The van der Waals surface area contributed by atoms with Crippen molar-refractivity contribution in [3.63, 3.8) is 0 Å². The SMILES string of the molecule is NCC1CN(C(=O)Cc2ccccc2)CCO1. The predicted octanol–water partition coefficient (Wildman–Crippen LogP) is 0.415. The summed E-state index contributed by atoms with van der Waals surface area (Å²) in [7, 11) is 0. The summed E-state index contributed by atoms with van der Waals surface area (Å²) in [5.74, 6) is 0.151. The van der Waals surface area contributed by atoms with E-state index in [-0.39, 0.29) is 12.0 Å². The summed E-state index contributed by atoms with van der Waals surface area (Å²) in [6.07, 6.45) is 0.446. The fourth-order valence-corrected chi connectivity index (χ4v) is 1.97. The van der Waals surface area contributed by atoms with Gasteiger partial charge in [-0.15, -0.1) is 0 Å². The van der Waals surface area contributed by atoms with E-state index in [4.69, 9.17) is 10.5 Å². The Morgan fingerprint density at radius 1 is 1.41 bits per heavy atom. The van der Waals surface area contributed by atoms with Crippen molar-refractivity contribution < 1.29 is 9.53 Å². The minimum Gasteiger partial charge on any atom is -0.373 e. The lowest BCUT2D eigenvalue weighted by Gasteiger charge is -2.32. The Bertz CT molecular complexity index is 367. The molecule has 1 aromatic carbocycles. The largest absolute Gasteiger partial charge is 0.373 e. The third-order valence-electron chi connectivity index (χ3n) is 2.95. The Hall–Kier alpha value is -1.39. The minimum absolute atomic E-state index is 0.0107. The van der Waals surface area contributed by atoms with Crippen molar-refractivity contribution in [2.45, 2.75) is 12.5 Å². The van der Waals surface area contributed by atoms with E-state index >= 15 is 0 Å². The number of hydrogen-bond donors (Lipinski definition) is 1. The summed E-state index contributed by atoms with van der Waals surface area (Å²) in [6, 6.07) is 9.79. The molecular formula is C13H18N2O2. The van der Waals surface area contributed by atoms with Crippen LogP contribution >= 0.6 is 0 Å². The van der Waals surface area contributed by atoms with E-state index in [9.17, 15) is 4.79 Å². The lowest BCUT2D eigenvalue weighted by atomic mass is 10.1. The van der Waals surface area contributed by atoms with Gasteiger partial charge in [-0.1, -0.05) is 30.3 Å². The molecule has 0 aliphatic carbocycles. The summed E-state index contributed by atoms with van der Waals surface area (Å²) >= 11 is 0. The van der Waals surface area contributed by atoms with E-state index in [0.29, 0.717) is 32.7 Å². The number of carbonyl (C=O) groups excluding carboxylic acids is 1. The molecule has 1 amide bonds. The van der Waals surface area contributed by atoms with Crippen LogP contribution in [0.5, 0.6) is 0 Å². The maximum absolute atomic E-state index is 12.1. The van der Waals surface area contributed by atoms with Gasteiger partial charge in [-0.05, 0) is 5.56 Å². The number of nitrogens with two attached hydrogens (primary N) is 1. The summed E-state index contributed by atoms with van der Waals surface area (Å²) in [4.78, 5) is 13.9. The van der Waals surface area contributed by atoms with Crippen LogP contribution in [0.25, 0.3) is 0 Å². The molecule has 4 nitrogen and oxygen atoms in total. The first kappa shape index (κ1) is 12.1. The highest BCUT2D eigenvalue weighted by Crippen LogP contribution is 2.08. The van der Waals surface area contributed by atoms with Gasteiger partial charge in [0.2, 0.25) is 5.91 Å². The van der Waals surface area contributed by atoms with E-state index in [0.717, 1.165) is 5.56 Å². The van der Waals surface area contributed by atoms with Crippen LogP contribution in [-0.4, -0.2) is 43.2 Å². The van der Waals surface area contributed by atoms with Crippen LogP contribution in [0.2, 0.25) is 0 Å². The van der Waals surface area contributed by atoms with Crippen LogP contribution < -0.4 is 5.73 Å². The average molecular weight is 234 g/mol. The second-order valence-corrected chi connectivity index (χ2v) is 4.23. The van der Waals surface area contributed by atoms with Crippen molar-refractivity contribution >= 4 is 5.91 Å². The molecule has 0 spiro atoms. The first-order valence-corrected chi connectivity index (χ1v) is 5.93. The van der Waals surface area contributed by atoms with Gasteiger partial charge in [-0.2, -0.15) is 0 Å². The molecule has 0 radical (unpaired) electrons. The smallest absolute Gasteiger partial charge is 0.227 e. The summed E-state index contributed by atoms with van der Waals surface area (Å²) in [5.41, 5.74) is 6.60. The molecule has 1 heterocycles. The standard InChI is InChI=1S/C13H18N2O2/c14-9-12-10-15(6-7-17-12)13(16)8-11-4-2-1-3-5-11/h1-5,12H,6-10,14H2. The van der Waals surface area contributed by atoms with Gasteiger partial charge in [0.15, 0.2) is 0 Å². The van der Waals surface area contributed by atoms with Gasteiger partial charge < -0.3 is 15.4 Å². The number of benzene rings is 1. The summed E-state index contributed by atoms with van der Waals surface area (Å²) in [5, 5.41) is 0. The third-order valence-corrected chi connectivity index (χ3v) is 2.95. The van der Waals surface area contributed by atoms with Crippen molar-refractivity contribution in [1.82, 2.24) is 4.90 Å². The molecule has 4 heteroatoms. The Labute approximate surface area is 101 Å². The zero-order valence-corrected chi connectivity index (χ0v) is 9.84. The Balaban J connectivity index is 1.91. The Kier molecular flexibility index (Phi) is 4.12. The van der Waals surface area contributed by atoms with E-state index < -0.39 is 0 Å². The molecule has 2 rings (SSSR count). The zero-order chi connectivity index (χ0) is 12.1. The van der Waals surface area contributed by atoms with Gasteiger partial charge in [-0.25, -0.2) is 0 Å². The van der Waals surface area contributed by atoms with E-state index in [2.05, 4.69) is 0 Å². The first-order chi connectivity index (χ1) is 8.29. The van der Waals surface area contributed by atoms with Crippen molar-refractivity contribution in [3.8, 4) is 0 Å². The van der Waals surface area contributed by atoms with E-state index in [1.807, 2.05) is 35.2 Å². The lowest BCUT2D eigenvalue weighted by Crippen LogP contribution is -2.48. The molecule has 1 aliphatic heterocycles. The van der Waals surface area contributed by atoms with Crippen molar-refractivity contribution in [2.75, 3.05) is 26.2 Å². The van der Waals surface area contributed by atoms with Crippen LogP contribution in [0, 0.1) is 0 Å². The molecule has 1 aromatic rings. The maximum Gasteiger partial charge on any atom is 0.227 e. The molecule has 2 N–H and O–H groups in total. The highest BCUT2D eigenvalue weighted by atomic mass is 16.5. The lowest BCUT2D eigenvalue weighted by molar-refractivity contribution is -0.137. The number of nitrogens with zero attached hydrogens (tertiary/aromatic N) is 1. The molecule has 0 bridgehead atoms. The van der Waals surface area contributed by atoms with Gasteiger partial charge in [0.05, 0.1) is 19.1 Å². The van der Waals surface area contributed by atoms with Gasteiger partial charge >= 0.3 is 0 Å². The topological polar surface area (TPSA) is 55.6 Å². The number of hydrogen-bond acceptors (Lipinski definition) is 3. The molecule has 1 atom stereocenters. The van der Waals surface area contributed by atoms with E-state index in [1.54, 1.807) is 0 Å². The quantitative estimate of drug-likeness (QED) is 0.824. The summed E-state index contributed by atoms with van der Waals surface area (Å²) in [6.45, 7) is 2.34. The molecule has 1 unspecified atom stereocenters. The van der Waals surface area contributed by atoms with E-state index in [1.165, 1.54) is 0 Å². The Morgan fingerprint density at radius 3 is 2.88 bits per heavy atom. The van der Waals surface area contributed by atoms with Gasteiger partial charge in [-0.3, -0.25) is 4.79 Å². The van der Waals surface area contributed by atoms with Crippen molar-refractivity contribution in [1.29, 1.82) is 0 Å². The first-order valence-electron chi connectivity index (χ1n) is 5.93. The third kappa shape index (κ3) is 3.28. The molecule has 1 aliphatic rings. The molecule has 1 saturated heterocycles. The zero-order valence-electron chi connectivity index (χ0n) is 9.84. The minimum atomic E-state index is -0.0107. The number of amides is 1.